The molecule has 6 nitrogen and oxygen atoms in total. The first-order valence-corrected chi connectivity index (χ1v) is 7.09. The molecule has 2 aromatic rings. The van der Waals surface area contributed by atoms with Gasteiger partial charge in [0, 0.05) is 19.2 Å². The molecule has 1 aliphatic rings. The minimum atomic E-state index is -0.523. The van der Waals surface area contributed by atoms with Gasteiger partial charge in [0.25, 0.3) is 5.91 Å². The lowest BCUT2D eigenvalue weighted by Gasteiger charge is -2.22. The monoisotopic (exact) mass is 304 g/mol. The van der Waals surface area contributed by atoms with E-state index in [4.69, 9.17) is 4.74 Å². The number of benzene rings is 1. The first kappa shape index (κ1) is 14.7. The SMILES string of the molecule is Cc1cc(NC(=O)C2CNCCO2)n(-c2ccc(F)cc2)n1. The molecule has 0 spiro atoms. The van der Waals surface area contributed by atoms with Gasteiger partial charge in [0.15, 0.2) is 0 Å². The Labute approximate surface area is 127 Å². The van der Waals surface area contributed by atoms with Crippen LogP contribution in [-0.2, 0) is 9.53 Å². The molecule has 0 radical (unpaired) electrons. The molecule has 7 heteroatoms. The van der Waals surface area contributed by atoms with Crippen molar-refractivity contribution in [2.75, 3.05) is 25.0 Å². The van der Waals surface area contributed by atoms with Crippen LogP contribution < -0.4 is 10.6 Å². The highest BCUT2D eigenvalue weighted by Crippen LogP contribution is 2.18. The molecule has 1 aromatic heterocycles. The number of aromatic nitrogens is 2. The van der Waals surface area contributed by atoms with Gasteiger partial charge in [0.1, 0.15) is 17.7 Å². The number of halogens is 1. The lowest BCUT2D eigenvalue weighted by atomic mass is 10.3. The van der Waals surface area contributed by atoms with Gasteiger partial charge in [-0.2, -0.15) is 5.10 Å². The van der Waals surface area contributed by atoms with Gasteiger partial charge in [-0.1, -0.05) is 0 Å². The van der Waals surface area contributed by atoms with Gasteiger partial charge in [-0.3, -0.25) is 4.79 Å². The summed E-state index contributed by atoms with van der Waals surface area (Å²) in [5, 5.41) is 10.3. The molecule has 1 aromatic carbocycles. The first-order chi connectivity index (χ1) is 10.6. The molecule has 22 heavy (non-hydrogen) atoms. The van der Waals surface area contributed by atoms with E-state index in [0.717, 1.165) is 12.2 Å². The van der Waals surface area contributed by atoms with Crippen LogP contribution in [0.4, 0.5) is 10.2 Å². The average Bonchev–Trinajstić information content (AvgIpc) is 2.89. The number of carbonyl (C=O) groups is 1. The molecule has 2 heterocycles. The topological polar surface area (TPSA) is 68.2 Å². The predicted octanol–water partition coefficient (Wildman–Crippen LogP) is 1.25. The maximum absolute atomic E-state index is 13.0. The number of rotatable bonds is 3. The summed E-state index contributed by atoms with van der Waals surface area (Å²) in [7, 11) is 0. The van der Waals surface area contributed by atoms with Gasteiger partial charge in [0.05, 0.1) is 18.0 Å². The Bertz CT molecular complexity index is 663. The molecule has 1 fully saturated rings. The van der Waals surface area contributed by atoms with Crippen LogP contribution in [0.5, 0.6) is 0 Å². The minimum absolute atomic E-state index is 0.226. The summed E-state index contributed by atoms with van der Waals surface area (Å²) in [6.45, 7) is 3.56. The second-order valence-corrected chi connectivity index (χ2v) is 5.11. The summed E-state index contributed by atoms with van der Waals surface area (Å²) in [6, 6.07) is 7.68. The van der Waals surface area contributed by atoms with Crippen LogP contribution in [0, 0.1) is 12.7 Å². The van der Waals surface area contributed by atoms with Crippen molar-refractivity contribution in [3.8, 4) is 5.69 Å². The number of hydrogen-bond acceptors (Lipinski definition) is 4. The van der Waals surface area contributed by atoms with Crippen molar-refractivity contribution in [2.45, 2.75) is 13.0 Å². The van der Waals surface area contributed by atoms with Crippen molar-refractivity contribution < 1.29 is 13.9 Å². The Morgan fingerprint density at radius 3 is 2.91 bits per heavy atom. The first-order valence-electron chi connectivity index (χ1n) is 7.09. The third kappa shape index (κ3) is 3.15. The summed E-state index contributed by atoms with van der Waals surface area (Å²) < 4.78 is 20.0. The van der Waals surface area contributed by atoms with Crippen molar-refractivity contribution in [1.82, 2.24) is 15.1 Å². The molecule has 1 unspecified atom stereocenters. The summed E-state index contributed by atoms with van der Waals surface area (Å²) >= 11 is 0. The highest BCUT2D eigenvalue weighted by Gasteiger charge is 2.23. The van der Waals surface area contributed by atoms with Crippen molar-refractivity contribution in [2.24, 2.45) is 0 Å². The van der Waals surface area contributed by atoms with Crippen LogP contribution in [0.1, 0.15) is 5.69 Å². The van der Waals surface area contributed by atoms with Crippen LogP contribution in [-0.4, -0.2) is 41.5 Å². The van der Waals surface area contributed by atoms with E-state index in [2.05, 4.69) is 15.7 Å². The van der Waals surface area contributed by atoms with E-state index in [-0.39, 0.29) is 11.7 Å². The number of ether oxygens (including phenoxy) is 1. The quantitative estimate of drug-likeness (QED) is 0.895. The maximum atomic E-state index is 13.0. The van der Waals surface area contributed by atoms with E-state index in [1.54, 1.807) is 22.9 Å². The summed E-state index contributed by atoms with van der Waals surface area (Å²) in [6.07, 6.45) is -0.523. The Morgan fingerprint density at radius 1 is 1.45 bits per heavy atom. The highest BCUT2D eigenvalue weighted by atomic mass is 19.1. The number of amides is 1. The van der Waals surface area contributed by atoms with Gasteiger partial charge in [-0.05, 0) is 31.2 Å². The molecule has 1 saturated heterocycles. The molecule has 1 amide bonds. The normalized spacial score (nSPS) is 18.2. The van der Waals surface area contributed by atoms with Gasteiger partial charge in [-0.25, -0.2) is 9.07 Å². The van der Waals surface area contributed by atoms with Crippen molar-refractivity contribution >= 4 is 11.7 Å². The largest absolute Gasteiger partial charge is 0.366 e. The van der Waals surface area contributed by atoms with E-state index >= 15 is 0 Å². The molecular weight excluding hydrogens is 287 g/mol. The number of carbonyl (C=O) groups excluding carboxylic acids is 1. The number of hydrogen-bond donors (Lipinski definition) is 2. The van der Waals surface area contributed by atoms with Crippen molar-refractivity contribution in [3.63, 3.8) is 0 Å². The molecule has 0 aliphatic carbocycles. The van der Waals surface area contributed by atoms with E-state index < -0.39 is 6.10 Å². The maximum Gasteiger partial charge on any atom is 0.255 e. The smallest absolute Gasteiger partial charge is 0.255 e. The van der Waals surface area contributed by atoms with Crippen LogP contribution >= 0.6 is 0 Å². The van der Waals surface area contributed by atoms with Crippen LogP contribution in [0.3, 0.4) is 0 Å². The predicted molar refractivity (Wildman–Crippen MR) is 79.5 cm³/mol. The molecule has 0 bridgehead atoms. The van der Waals surface area contributed by atoms with Gasteiger partial charge >= 0.3 is 0 Å². The second-order valence-electron chi connectivity index (χ2n) is 5.11. The van der Waals surface area contributed by atoms with Gasteiger partial charge in [0.2, 0.25) is 0 Å². The molecule has 0 saturated carbocycles. The van der Waals surface area contributed by atoms with Crippen LogP contribution in [0.2, 0.25) is 0 Å². The third-order valence-corrected chi connectivity index (χ3v) is 3.37. The van der Waals surface area contributed by atoms with Crippen LogP contribution in [0.25, 0.3) is 5.69 Å². The number of anilines is 1. The molecular formula is C15H17FN4O2. The Morgan fingerprint density at radius 2 is 2.23 bits per heavy atom. The number of aryl methyl sites for hydroxylation is 1. The average molecular weight is 304 g/mol. The number of nitrogens with one attached hydrogen (secondary N) is 2. The lowest BCUT2D eigenvalue weighted by Crippen LogP contribution is -2.45. The highest BCUT2D eigenvalue weighted by molar-refractivity contribution is 5.94. The molecule has 116 valence electrons. The fourth-order valence-corrected chi connectivity index (χ4v) is 2.31. The Kier molecular flexibility index (Phi) is 4.17. The van der Waals surface area contributed by atoms with E-state index in [9.17, 15) is 9.18 Å². The number of morpholine rings is 1. The molecule has 1 atom stereocenters. The Hall–Kier alpha value is -2.25. The zero-order valence-corrected chi connectivity index (χ0v) is 12.2. The summed E-state index contributed by atoms with van der Waals surface area (Å²) in [5.74, 6) is -0.0152. The van der Waals surface area contributed by atoms with Gasteiger partial charge in [-0.15, -0.1) is 0 Å². The van der Waals surface area contributed by atoms with Crippen molar-refractivity contribution in [3.05, 3.63) is 41.8 Å². The summed E-state index contributed by atoms with van der Waals surface area (Å²) in [5.41, 5.74) is 1.43. The fraction of sp³-hybridized carbons (Fsp3) is 0.333. The minimum Gasteiger partial charge on any atom is -0.366 e. The molecule has 1 aliphatic heterocycles. The van der Waals surface area contributed by atoms with Crippen molar-refractivity contribution in [1.29, 1.82) is 0 Å². The van der Waals surface area contributed by atoms with E-state index in [1.165, 1.54) is 12.1 Å². The zero-order valence-electron chi connectivity index (χ0n) is 12.2. The van der Waals surface area contributed by atoms with Crippen LogP contribution in [0.15, 0.2) is 30.3 Å². The standard InChI is InChI=1S/C15H17FN4O2/c1-10-8-14(18-15(21)13-9-17-6-7-22-13)20(19-10)12-4-2-11(16)3-5-12/h2-5,8,13,17H,6-7,9H2,1H3,(H,18,21). The van der Waals surface area contributed by atoms with E-state index in [1.807, 2.05) is 6.92 Å². The Balaban J connectivity index is 1.81. The third-order valence-electron chi connectivity index (χ3n) is 3.37. The lowest BCUT2D eigenvalue weighted by molar-refractivity contribution is -0.128. The number of nitrogens with zero attached hydrogens (tertiary/aromatic N) is 2. The summed E-state index contributed by atoms with van der Waals surface area (Å²) in [4.78, 5) is 12.2. The molecule has 3 rings (SSSR count). The van der Waals surface area contributed by atoms with E-state index in [0.29, 0.717) is 24.7 Å². The second kappa shape index (κ2) is 6.25. The molecule has 2 N–H and O–H groups in total. The fourth-order valence-electron chi connectivity index (χ4n) is 2.31. The zero-order chi connectivity index (χ0) is 15.5. The van der Waals surface area contributed by atoms with Gasteiger partial charge < -0.3 is 15.4 Å².